The minimum atomic E-state index is -0.140. The van der Waals surface area contributed by atoms with Gasteiger partial charge in [-0.25, -0.2) is 0 Å². The molecule has 76 valence electrons. The van der Waals surface area contributed by atoms with Gasteiger partial charge in [-0.1, -0.05) is 18.2 Å². The topological polar surface area (TPSA) is 29.1 Å². The Kier molecular flexibility index (Phi) is 4.44. The number of carbonyl (C=O) groups excluding carboxylic acids is 1. The van der Waals surface area contributed by atoms with E-state index < -0.39 is 0 Å². The highest BCUT2D eigenvalue weighted by Gasteiger charge is 2.20. The van der Waals surface area contributed by atoms with Crippen LogP contribution in [0.15, 0.2) is 12.2 Å². The van der Waals surface area contributed by atoms with Crippen molar-refractivity contribution in [1.82, 2.24) is 5.32 Å². The van der Waals surface area contributed by atoms with E-state index in [4.69, 9.17) is 11.6 Å². The summed E-state index contributed by atoms with van der Waals surface area (Å²) in [6.45, 7) is 5.66. The minimum absolute atomic E-state index is 0.122. The second-order valence-corrected chi connectivity index (χ2v) is 4.54. The maximum absolute atomic E-state index is 11.1. The molecule has 0 fully saturated rings. The van der Waals surface area contributed by atoms with E-state index in [1.807, 2.05) is 21.1 Å². The Morgan fingerprint density at radius 2 is 2.00 bits per heavy atom. The average Bonchev–Trinajstić information content (AvgIpc) is 1.97. The van der Waals surface area contributed by atoms with Gasteiger partial charge in [0.1, 0.15) is 0 Å². The highest BCUT2D eigenvalue weighted by molar-refractivity contribution is 6.19. The van der Waals surface area contributed by atoms with Gasteiger partial charge in [-0.2, -0.15) is 0 Å². The van der Waals surface area contributed by atoms with Gasteiger partial charge in [-0.05, 0) is 6.92 Å². The molecule has 0 heterocycles. The Morgan fingerprint density at radius 3 is 2.31 bits per heavy atom. The molecular formula is C9H18ClN2O+. The van der Waals surface area contributed by atoms with Crippen LogP contribution in [-0.4, -0.2) is 43.6 Å². The lowest BCUT2D eigenvalue weighted by Gasteiger charge is -2.29. The van der Waals surface area contributed by atoms with Gasteiger partial charge in [0.2, 0.25) is 5.91 Å². The molecule has 0 aromatic rings. The average molecular weight is 206 g/mol. The summed E-state index contributed by atoms with van der Waals surface area (Å²) in [5.41, 5.74) is 0.383. The number of nitrogens with zero attached hydrogens (tertiary/aromatic N) is 1. The lowest BCUT2D eigenvalue weighted by molar-refractivity contribution is -0.881. The van der Waals surface area contributed by atoms with Crippen LogP contribution >= 0.6 is 11.6 Å². The van der Waals surface area contributed by atoms with Crippen molar-refractivity contribution in [1.29, 1.82) is 0 Å². The van der Waals surface area contributed by atoms with Crippen LogP contribution in [0.25, 0.3) is 0 Å². The smallest absolute Gasteiger partial charge is 0.246 e. The van der Waals surface area contributed by atoms with E-state index in [9.17, 15) is 4.79 Å². The predicted molar refractivity (Wildman–Crippen MR) is 55.5 cm³/mol. The van der Waals surface area contributed by atoms with E-state index in [1.54, 1.807) is 6.92 Å². The number of carbonyl (C=O) groups is 1. The molecule has 1 N–H and O–H groups in total. The molecule has 13 heavy (non-hydrogen) atoms. The van der Waals surface area contributed by atoms with Crippen molar-refractivity contribution in [3.8, 4) is 0 Å². The zero-order chi connectivity index (χ0) is 10.6. The van der Waals surface area contributed by atoms with Crippen LogP contribution in [0.1, 0.15) is 6.92 Å². The van der Waals surface area contributed by atoms with E-state index in [-0.39, 0.29) is 11.4 Å². The summed E-state index contributed by atoms with van der Waals surface area (Å²) < 4.78 is 0.609. The number of likely N-dealkylation sites (N-methyl/N-ethyl adjacent to an activating group) is 1. The van der Waals surface area contributed by atoms with Gasteiger partial charge >= 0.3 is 0 Å². The van der Waals surface area contributed by atoms with Crippen LogP contribution in [0.2, 0.25) is 0 Å². The van der Waals surface area contributed by atoms with E-state index in [1.165, 1.54) is 0 Å². The lowest BCUT2D eigenvalue weighted by atomic mass is 10.3. The molecule has 4 heteroatoms. The largest absolute Gasteiger partial charge is 0.345 e. The van der Waals surface area contributed by atoms with Crippen LogP contribution in [-0.2, 0) is 4.79 Å². The van der Waals surface area contributed by atoms with Gasteiger partial charge in [-0.3, -0.25) is 4.79 Å². The normalized spacial score (nSPS) is 13.6. The number of nitrogens with one attached hydrogen (secondary N) is 1. The van der Waals surface area contributed by atoms with Crippen LogP contribution in [0.5, 0.6) is 0 Å². The van der Waals surface area contributed by atoms with Gasteiger partial charge in [0.25, 0.3) is 0 Å². The van der Waals surface area contributed by atoms with Crippen LogP contribution in [0.4, 0.5) is 0 Å². The summed E-state index contributed by atoms with van der Waals surface area (Å²) in [6, 6.07) is 0. The second kappa shape index (κ2) is 4.63. The predicted octanol–water partition coefficient (Wildman–Crippen LogP) is 0.950. The Hall–Kier alpha value is -0.540. The van der Waals surface area contributed by atoms with Gasteiger partial charge in [0.15, 0.2) is 5.50 Å². The highest BCUT2D eigenvalue weighted by Crippen LogP contribution is 2.06. The van der Waals surface area contributed by atoms with Crippen molar-refractivity contribution in [2.24, 2.45) is 0 Å². The first-order chi connectivity index (χ1) is 5.75. The summed E-state index contributed by atoms with van der Waals surface area (Å²) in [5.74, 6) is -0.140. The molecule has 0 saturated carbocycles. The molecule has 1 unspecified atom stereocenters. The fourth-order valence-corrected chi connectivity index (χ4v) is 0.679. The molecule has 0 aliphatic carbocycles. The Balaban J connectivity index is 3.91. The fraction of sp³-hybridized carbons (Fsp3) is 0.667. The second-order valence-electron chi connectivity index (χ2n) is 4.04. The molecule has 0 aromatic carbocycles. The third-order valence-electron chi connectivity index (χ3n) is 1.66. The molecule has 1 amide bonds. The maximum Gasteiger partial charge on any atom is 0.246 e. The number of amides is 1. The van der Waals surface area contributed by atoms with Crippen molar-refractivity contribution in [3.05, 3.63) is 12.2 Å². The quantitative estimate of drug-likeness (QED) is 0.315. The highest BCUT2D eigenvalue weighted by atomic mass is 35.5. The van der Waals surface area contributed by atoms with E-state index >= 15 is 0 Å². The first-order valence-electron chi connectivity index (χ1n) is 4.14. The first kappa shape index (κ1) is 12.5. The third kappa shape index (κ3) is 4.90. The molecular weight excluding hydrogens is 188 g/mol. The van der Waals surface area contributed by atoms with Crippen molar-refractivity contribution >= 4 is 17.5 Å². The van der Waals surface area contributed by atoms with Gasteiger partial charge in [-0.15, -0.1) is 0 Å². The number of hydrogen-bond acceptors (Lipinski definition) is 1. The van der Waals surface area contributed by atoms with Gasteiger partial charge in [0.05, 0.1) is 27.7 Å². The van der Waals surface area contributed by atoms with Crippen LogP contribution in [0.3, 0.4) is 0 Å². The Labute approximate surface area is 85.0 Å². The molecule has 0 bridgehead atoms. The van der Waals surface area contributed by atoms with E-state index in [2.05, 4.69) is 11.9 Å². The molecule has 0 aromatic heterocycles. The fourth-order valence-electron chi connectivity index (χ4n) is 0.602. The van der Waals surface area contributed by atoms with Crippen molar-refractivity contribution < 1.29 is 9.28 Å². The molecule has 0 aliphatic heterocycles. The van der Waals surface area contributed by atoms with Crippen molar-refractivity contribution in [3.63, 3.8) is 0 Å². The molecule has 1 atom stereocenters. The summed E-state index contributed by atoms with van der Waals surface area (Å²) in [7, 11) is 5.93. The minimum Gasteiger partial charge on any atom is -0.345 e. The number of rotatable bonds is 4. The third-order valence-corrected chi connectivity index (χ3v) is 2.40. The van der Waals surface area contributed by atoms with E-state index in [0.29, 0.717) is 16.6 Å². The van der Waals surface area contributed by atoms with Crippen LogP contribution in [0, 0.1) is 0 Å². The summed E-state index contributed by atoms with van der Waals surface area (Å²) in [4.78, 5) is 11.1. The standard InChI is InChI=1S/C9H17ClN2O/c1-7(2)9(13)11-6-8(10)12(3,4)5/h8H,1,6H2,2-5H3/p+1. The number of alkyl halides is 1. The Bertz CT molecular complexity index is 208. The van der Waals surface area contributed by atoms with E-state index in [0.717, 1.165) is 0 Å². The summed E-state index contributed by atoms with van der Waals surface area (Å²) in [6.07, 6.45) is 0. The summed E-state index contributed by atoms with van der Waals surface area (Å²) >= 11 is 6.03. The molecule has 3 nitrogen and oxygen atoms in total. The molecule has 0 spiro atoms. The Morgan fingerprint density at radius 1 is 1.54 bits per heavy atom. The zero-order valence-electron chi connectivity index (χ0n) is 8.72. The molecule has 0 radical (unpaired) electrons. The number of halogens is 1. The monoisotopic (exact) mass is 205 g/mol. The van der Waals surface area contributed by atoms with Gasteiger partial charge < -0.3 is 9.80 Å². The lowest BCUT2D eigenvalue weighted by Crippen LogP contribution is -2.48. The molecule has 0 rings (SSSR count). The number of quaternary nitrogens is 1. The summed E-state index contributed by atoms with van der Waals surface area (Å²) in [5, 5.41) is 2.70. The maximum atomic E-state index is 11.1. The number of hydrogen-bond donors (Lipinski definition) is 1. The first-order valence-corrected chi connectivity index (χ1v) is 4.57. The van der Waals surface area contributed by atoms with Crippen molar-refractivity contribution in [2.75, 3.05) is 27.7 Å². The van der Waals surface area contributed by atoms with Gasteiger partial charge in [0, 0.05) is 5.57 Å². The molecule has 0 aliphatic rings. The molecule has 0 saturated heterocycles. The van der Waals surface area contributed by atoms with Crippen LogP contribution < -0.4 is 5.32 Å². The van der Waals surface area contributed by atoms with Crippen molar-refractivity contribution in [2.45, 2.75) is 12.4 Å². The zero-order valence-corrected chi connectivity index (χ0v) is 9.48. The SMILES string of the molecule is C=C(C)C(=O)NCC(Cl)[N+](C)(C)C.